The molecular formula is C17H21N3OS. The molecule has 2 aliphatic rings. The molecule has 0 radical (unpaired) electrons. The second-order valence-electron chi connectivity index (χ2n) is 6.46. The maximum atomic E-state index is 12.6. The van der Waals surface area contributed by atoms with Crippen molar-refractivity contribution in [1.29, 1.82) is 0 Å². The van der Waals surface area contributed by atoms with E-state index in [1.54, 1.807) is 11.3 Å². The molecule has 4 nitrogen and oxygen atoms in total. The van der Waals surface area contributed by atoms with Crippen LogP contribution >= 0.6 is 11.3 Å². The van der Waals surface area contributed by atoms with Gasteiger partial charge in [-0.1, -0.05) is 0 Å². The lowest BCUT2D eigenvalue weighted by molar-refractivity contribution is 0.0677. The van der Waals surface area contributed by atoms with Crippen LogP contribution in [0.3, 0.4) is 0 Å². The number of piperidine rings is 1. The van der Waals surface area contributed by atoms with Crippen molar-refractivity contribution in [2.24, 2.45) is 0 Å². The molecule has 2 aromatic rings. The normalized spacial score (nSPS) is 22.0. The van der Waals surface area contributed by atoms with Crippen molar-refractivity contribution in [3.05, 3.63) is 40.1 Å². The number of likely N-dealkylation sites (tertiary alicyclic amines) is 1. The van der Waals surface area contributed by atoms with Crippen molar-refractivity contribution >= 4 is 17.2 Å². The highest BCUT2D eigenvalue weighted by Crippen LogP contribution is 2.41. The van der Waals surface area contributed by atoms with E-state index >= 15 is 0 Å². The molecule has 0 spiro atoms. The summed E-state index contributed by atoms with van der Waals surface area (Å²) in [6.45, 7) is 3.82. The fourth-order valence-corrected chi connectivity index (χ4v) is 4.13. The molecule has 3 heterocycles. The molecule has 0 bridgehead atoms. The lowest BCUT2D eigenvalue weighted by atomic mass is 10.0. The van der Waals surface area contributed by atoms with Crippen LogP contribution in [-0.4, -0.2) is 33.4 Å². The molecule has 22 heavy (non-hydrogen) atoms. The number of imidazole rings is 1. The summed E-state index contributed by atoms with van der Waals surface area (Å²) in [5.74, 6) is 2.07. The first-order valence-electron chi connectivity index (χ1n) is 8.09. The van der Waals surface area contributed by atoms with Gasteiger partial charge in [-0.15, -0.1) is 0 Å². The van der Waals surface area contributed by atoms with Gasteiger partial charge in [0.15, 0.2) is 0 Å². The van der Waals surface area contributed by atoms with Crippen molar-refractivity contribution in [3.8, 4) is 0 Å². The minimum atomic E-state index is 0.177. The molecule has 5 heteroatoms. The predicted octanol–water partition coefficient (Wildman–Crippen LogP) is 3.61. The Balaban J connectivity index is 1.56. The Labute approximate surface area is 134 Å². The number of hydrogen-bond acceptors (Lipinski definition) is 3. The third-order valence-electron chi connectivity index (χ3n) is 4.77. The second kappa shape index (κ2) is 5.54. The molecule has 4 rings (SSSR count). The number of carbonyl (C=O) groups is 1. The number of thiophene rings is 1. The molecule has 0 aromatic carbocycles. The van der Waals surface area contributed by atoms with E-state index in [0.717, 1.165) is 31.5 Å². The first-order valence-corrected chi connectivity index (χ1v) is 9.03. The van der Waals surface area contributed by atoms with Crippen molar-refractivity contribution in [3.63, 3.8) is 0 Å². The Bertz CT molecular complexity index is 672. The smallest absolute Gasteiger partial charge is 0.254 e. The average Bonchev–Trinajstić information content (AvgIpc) is 3.09. The van der Waals surface area contributed by atoms with Crippen molar-refractivity contribution in [1.82, 2.24) is 14.5 Å². The van der Waals surface area contributed by atoms with Crippen LogP contribution in [0, 0.1) is 6.92 Å². The van der Waals surface area contributed by atoms with Crippen LogP contribution < -0.4 is 0 Å². The van der Waals surface area contributed by atoms with E-state index in [4.69, 9.17) is 0 Å². The number of amides is 1. The molecule has 1 unspecified atom stereocenters. The third kappa shape index (κ3) is 2.47. The first kappa shape index (κ1) is 14.0. The van der Waals surface area contributed by atoms with Gasteiger partial charge in [-0.05, 0) is 44.1 Å². The summed E-state index contributed by atoms with van der Waals surface area (Å²) in [5, 5.41) is 3.92. The Morgan fingerprint density at radius 2 is 2.23 bits per heavy atom. The van der Waals surface area contributed by atoms with Gasteiger partial charge < -0.3 is 9.47 Å². The third-order valence-corrected chi connectivity index (χ3v) is 5.45. The maximum absolute atomic E-state index is 12.6. The molecule has 1 aliphatic heterocycles. The molecule has 1 aliphatic carbocycles. The van der Waals surface area contributed by atoms with Crippen LogP contribution in [0.2, 0.25) is 0 Å². The molecule has 2 fully saturated rings. The zero-order chi connectivity index (χ0) is 15.1. The number of nitrogens with zero attached hydrogens (tertiary/aromatic N) is 3. The largest absolute Gasteiger partial charge is 0.337 e. The Morgan fingerprint density at radius 3 is 2.95 bits per heavy atom. The molecule has 1 amide bonds. The minimum Gasteiger partial charge on any atom is -0.337 e. The van der Waals surface area contributed by atoms with Crippen LogP contribution in [0.4, 0.5) is 0 Å². The Kier molecular flexibility index (Phi) is 3.53. The van der Waals surface area contributed by atoms with Gasteiger partial charge in [0.1, 0.15) is 5.82 Å². The second-order valence-corrected chi connectivity index (χ2v) is 7.24. The van der Waals surface area contributed by atoms with Crippen molar-refractivity contribution in [2.45, 2.75) is 44.6 Å². The number of aryl methyl sites for hydroxylation is 1. The van der Waals surface area contributed by atoms with Crippen molar-refractivity contribution < 1.29 is 4.79 Å². The van der Waals surface area contributed by atoms with Gasteiger partial charge in [-0.2, -0.15) is 11.3 Å². The fraction of sp³-hybridized carbons (Fsp3) is 0.529. The van der Waals surface area contributed by atoms with Crippen LogP contribution in [0.15, 0.2) is 23.0 Å². The van der Waals surface area contributed by atoms with E-state index in [9.17, 15) is 4.79 Å². The molecule has 2 aromatic heterocycles. The number of carbonyl (C=O) groups excluding carboxylic acids is 1. The number of rotatable bonds is 3. The van der Waals surface area contributed by atoms with Gasteiger partial charge in [0.05, 0.1) is 11.6 Å². The SMILES string of the molecule is Cc1cnc(C2CC2)n1C1CCCN(C(=O)c2ccsc2)C1. The van der Waals surface area contributed by atoms with Gasteiger partial charge in [0, 0.05) is 36.3 Å². The lowest BCUT2D eigenvalue weighted by Gasteiger charge is -2.34. The van der Waals surface area contributed by atoms with E-state index in [2.05, 4.69) is 16.5 Å². The maximum Gasteiger partial charge on any atom is 0.254 e. The molecule has 116 valence electrons. The van der Waals surface area contributed by atoms with Gasteiger partial charge >= 0.3 is 0 Å². The number of aromatic nitrogens is 2. The monoisotopic (exact) mass is 315 g/mol. The standard InChI is InChI=1S/C17H21N3OS/c1-12-9-18-16(13-4-5-13)20(12)15-3-2-7-19(10-15)17(21)14-6-8-22-11-14/h6,8-9,11,13,15H,2-5,7,10H2,1H3. The molecule has 0 N–H and O–H groups in total. The fourth-order valence-electron chi connectivity index (χ4n) is 3.50. The highest BCUT2D eigenvalue weighted by Gasteiger charge is 2.33. The van der Waals surface area contributed by atoms with Gasteiger partial charge in [0.25, 0.3) is 5.91 Å². The number of hydrogen-bond donors (Lipinski definition) is 0. The quantitative estimate of drug-likeness (QED) is 0.868. The zero-order valence-corrected chi connectivity index (χ0v) is 13.7. The molecular weight excluding hydrogens is 294 g/mol. The molecule has 1 saturated carbocycles. The van der Waals surface area contributed by atoms with Crippen LogP contribution in [-0.2, 0) is 0 Å². The van der Waals surface area contributed by atoms with E-state index < -0.39 is 0 Å². The molecule has 1 atom stereocenters. The Hall–Kier alpha value is -1.62. The summed E-state index contributed by atoms with van der Waals surface area (Å²) in [4.78, 5) is 19.3. The van der Waals surface area contributed by atoms with E-state index in [1.807, 2.05) is 27.9 Å². The van der Waals surface area contributed by atoms with Gasteiger partial charge in [0.2, 0.25) is 0 Å². The topological polar surface area (TPSA) is 38.1 Å². The Morgan fingerprint density at radius 1 is 1.36 bits per heavy atom. The van der Waals surface area contributed by atoms with Gasteiger partial charge in [-0.25, -0.2) is 4.98 Å². The van der Waals surface area contributed by atoms with E-state index in [1.165, 1.54) is 24.4 Å². The zero-order valence-electron chi connectivity index (χ0n) is 12.9. The van der Waals surface area contributed by atoms with Gasteiger partial charge in [-0.3, -0.25) is 4.79 Å². The van der Waals surface area contributed by atoms with Crippen molar-refractivity contribution in [2.75, 3.05) is 13.1 Å². The van der Waals surface area contributed by atoms with Crippen LogP contribution in [0.25, 0.3) is 0 Å². The predicted molar refractivity (Wildman–Crippen MR) is 87.4 cm³/mol. The highest BCUT2D eigenvalue weighted by atomic mass is 32.1. The lowest BCUT2D eigenvalue weighted by Crippen LogP contribution is -2.41. The summed E-state index contributed by atoms with van der Waals surface area (Å²) < 4.78 is 2.41. The highest BCUT2D eigenvalue weighted by molar-refractivity contribution is 7.08. The van der Waals surface area contributed by atoms with E-state index in [-0.39, 0.29) is 5.91 Å². The summed E-state index contributed by atoms with van der Waals surface area (Å²) in [6.07, 6.45) is 6.74. The van der Waals surface area contributed by atoms with Crippen LogP contribution in [0.5, 0.6) is 0 Å². The first-order chi connectivity index (χ1) is 10.7. The van der Waals surface area contributed by atoms with E-state index in [0.29, 0.717) is 12.0 Å². The summed E-state index contributed by atoms with van der Waals surface area (Å²) in [6, 6.07) is 2.31. The summed E-state index contributed by atoms with van der Waals surface area (Å²) in [5.41, 5.74) is 2.06. The van der Waals surface area contributed by atoms with Crippen LogP contribution in [0.1, 0.15) is 59.5 Å². The average molecular weight is 315 g/mol. The minimum absolute atomic E-state index is 0.177. The summed E-state index contributed by atoms with van der Waals surface area (Å²) in [7, 11) is 0. The summed E-state index contributed by atoms with van der Waals surface area (Å²) >= 11 is 1.58. The molecule has 1 saturated heterocycles.